The Balaban J connectivity index is 1.49. The van der Waals surface area contributed by atoms with Gasteiger partial charge in [0, 0.05) is 24.7 Å². The number of nitrogens with one attached hydrogen (secondary N) is 3. The molecule has 0 radical (unpaired) electrons. The average Bonchev–Trinajstić information content (AvgIpc) is 3.30. The molecule has 1 saturated heterocycles. The van der Waals surface area contributed by atoms with Gasteiger partial charge in [-0.15, -0.1) is 0 Å². The zero-order valence-electron chi connectivity index (χ0n) is 21.2. The molecular weight excluding hydrogens is 460 g/mol. The maximum Gasteiger partial charge on any atom is 0.323 e. The lowest BCUT2D eigenvalue weighted by molar-refractivity contribution is -0.137. The Morgan fingerprint density at radius 3 is 2.61 bits per heavy atom. The minimum atomic E-state index is -0.766. The first-order valence-corrected chi connectivity index (χ1v) is 12.3. The second kappa shape index (κ2) is 12.9. The fourth-order valence-electron chi connectivity index (χ4n) is 4.47. The molecule has 0 saturated carbocycles. The van der Waals surface area contributed by atoms with Crippen molar-refractivity contribution in [2.24, 2.45) is 5.92 Å². The number of carboxylic acids is 1. The number of rotatable bonds is 11. The van der Waals surface area contributed by atoms with Gasteiger partial charge < -0.3 is 30.7 Å². The van der Waals surface area contributed by atoms with Gasteiger partial charge in [0.05, 0.1) is 19.2 Å². The smallest absolute Gasteiger partial charge is 0.323 e. The van der Waals surface area contributed by atoms with E-state index in [2.05, 4.69) is 20.9 Å². The highest BCUT2D eigenvalue weighted by Gasteiger charge is 2.27. The molecule has 0 bridgehead atoms. The van der Waals surface area contributed by atoms with Crippen molar-refractivity contribution in [3.63, 3.8) is 0 Å². The van der Waals surface area contributed by atoms with Crippen LogP contribution >= 0.6 is 0 Å². The lowest BCUT2D eigenvalue weighted by Crippen LogP contribution is -2.40. The molecule has 1 fully saturated rings. The Hall–Kier alpha value is -3.59. The molecule has 9 heteroatoms. The van der Waals surface area contributed by atoms with Crippen LogP contribution in [0.15, 0.2) is 42.5 Å². The number of urea groups is 1. The molecule has 2 aromatic carbocycles. The fraction of sp³-hybridized carbons (Fsp3) is 0.444. The van der Waals surface area contributed by atoms with Gasteiger partial charge in [-0.1, -0.05) is 24.3 Å². The molecule has 1 heterocycles. The highest BCUT2D eigenvalue weighted by molar-refractivity contribution is 6.01. The Bertz CT molecular complexity index is 1070. The van der Waals surface area contributed by atoms with Gasteiger partial charge in [0.25, 0.3) is 0 Å². The zero-order chi connectivity index (χ0) is 26.1. The van der Waals surface area contributed by atoms with E-state index in [4.69, 9.17) is 9.84 Å². The third-order valence-electron chi connectivity index (χ3n) is 6.54. The van der Waals surface area contributed by atoms with Gasteiger partial charge in [-0.3, -0.25) is 9.59 Å². The number of ether oxygens (including phenoxy) is 1. The molecule has 0 aromatic heterocycles. The first kappa shape index (κ1) is 27.0. The van der Waals surface area contributed by atoms with Crippen LogP contribution in [0.2, 0.25) is 0 Å². The van der Waals surface area contributed by atoms with Crippen LogP contribution in [-0.2, 0) is 16.0 Å². The van der Waals surface area contributed by atoms with E-state index in [-0.39, 0.29) is 30.8 Å². The second-order valence-electron chi connectivity index (χ2n) is 9.31. The van der Waals surface area contributed by atoms with Gasteiger partial charge in [0.2, 0.25) is 5.91 Å². The maximum atomic E-state index is 12.7. The summed E-state index contributed by atoms with van der Waals surface area (Å²) in [6, 6.07) is 12.4. The van der Waals surface area contributed by atoms with Crippen LogP contribution in [0.3, 0.4) is 0 Å². The van der Waals surface area contributed by atoms with Crippen molar-refractivity contribution >= 4 is 29.3 Å². The van der Waals surface area contributed by atoms with Gasteiger partial charge in [-0.2, -0.15) is 0 Å². The van der Waals surface area contributed by atoms with Gasteiger partial charge in [-0.25, -0.2) is 4.79 Å². The summed E-state index contributed by atoms with van der Waals surface area (Å²) in [5, 5.41) is 17.5. The number of nitrogens with zero attached hydrogens (tertiary/aromatic N) is 1. The maximum absolute atomic E-state index is 12.7. The molecule has 0 aliphatic carbocycles. The standard InChI is InChI=1S/C27H36N4O5/c1-18-7-4-5-8-22(18)29-27(35)30-23-11-10-20(15-24(23)36-3)16-25(32)28-19(2)21-12-14-31(17-21)13-6-9-26(33)34/h4-5,7-8,10-11,15,19,21H,6,9,12-14,16-17H2,1-3H3,(H,28,32)(H,33,34)(H2,29,30,35). The number of methoxy groups -OCH3 is 1. The highest BCUT2D eigenvalue weighted by Crippen LogP contribution is 2.27. The van der Waals surface area contributed by atoms with E-state index in [0.717, 1.165) is 42.9 Å². The Morgan fingerprint density at radius 2 is 1.89 bits per heavy atom. The van der Waals surface area contributed by atoms with Crippen LogP contribution < -0.4 is 20.7 Å². The molecular formula is C27H36N4O5. The molecule has 3 rings (SSSR count). The van der Waals surface area contributed by atoms with Crippen molar-refractivity contribution in [2.75, 3.05) is 37.4 Å². The summed E-state index contributed by atoms with van der Waals surface area (Å²) < 4.78 is 5.45. The SMILES string of the molecule is COc1cc(CC(=O)NC(C)C2CCN(CCCC(=O)O)C2)ccc1NC(=O)Nc1ccccc1C. The number of benzene rings is 2. The van der Waals surface area contributed by atoms with Crippen molar-refractivity contribution in [3.05, 3.63) is 53.6 Å². The molecule has 1 aliphatic rings. The van der Waals surface area contributed by atoms with Crippen LogP contribution in [0.25, 0.3) is 0 Å². The lowest BCUT2D eigenvalue weighted by Gasteiger charge is -2.22. The summed E-state index contributed by atoms with van der Waals surface area (Å²) >= 11 is 0. The van der Waals surface area contributed by atoms with E-state index in [1.54, 1.807) is 18.2 Å². The van der Waals surface area contributed by atoms with Gasteiger partial charge in [0.15, 0.2) is 0 Å². The van der Waals surface area contributed by atoms with E-state index in [1.165, 1.54) is 7.11 Å². The predicted molar refractivity (Wildman–Crippen MR) is 140 cm³/mol. The Kier molecular flexibility index (Phi) is 9.69. The van der Waals surface area contributed by atoms with Gasteiger partial charge >= 0.3 is 12.0 Å². The van der Waals surface area contributed by atoms with E-state index in [0.29, 0.717) is 23.8 Å². The van der Waals surface area contributed by atoms with Gasteiger partial charge in [0.1, 0.15) is 5.75 Å². The Morgan fingerprint density at radius 1 is 1.14 bits per heavy atom. The van der Waals surface area contributed by atoms with Crippen LogP contribution in [0.5, 0.6) is 5.75 Å². The first-order valence-electron chi connectivity index (χ1n) is 12.3. The van der Waals surface area contributed by atoms with E-state index in [9.17, 15) is 14.4 Å². The number of hydrogen-bond donors (Lipinski definition) is 4. The summed E-state index contributed by atoms with van der Waals surface area (Å²) in [6.45, 7) is 6.49. The third kappa shape index (κ3) is 7.98. The topological polar surface area (TPSA) is 120 Å². The zero-order valence-corrected chi connectivity index (χ0v) is 21.2. The fourth-order valence-corrected chi connectivity index (χ4v) is 4.47. The molecule has 0 spiro atoms. The van der Waals surface area contributed by atoms with Crippen molar-refractivity contribution in [2.45, 2.75) is 45.6 Å². The molecule has 9 nitrogen and oxygen atoms in total. The summed E-state index contributed by atoms with van der Waals surface area (Å²) in [6.07, 6.45) is 2.00. The molecule has 3 amide bonds. The number of hydrogen-bond acceptors (Lipinski definition) is 5. The molecule has 2 atom stereocenters. The summed E-state index contributed by atoms with van der Waals surface area (Å²) in [7, 11) is 1.52. The minimum absolute atomic E-state index is 0.0231. The third-order valence-corrected chi connectivity index (χ3v) is 6.54. The van der Waals surface area contributed by atoms with E-state index in [1.807, 2.05) is 38.1 Å². The van der Waals surface area contributed by atoms with Crippen molar-refractivity contribution in [3.8, 4) is 5.75 Å². The number of amides is 3. The number of aliphatic carboxylic acids is 1. The molecule has 1 aliphatic heterocycles. The predicted octanol–water partition coefficient (Wildman–Crippen LogP) is 3.88. The van der Waals surface area contributed by atoms with E-state index >= 15 is 0 Å². The first-order chi connectivity index (χ1) is 17.2. The highest BCUT2D eigenvalue weighted by atomic mass is 16.5. The Labute approximate surface area is 212 Å². The van der Waals surface area contributed by atoms with Crippen LogP contribution in [-0.4, -0.2) is 60.7 Å². The number of aryl methyl sites for hydroxylation is 1. The number of carboxylic acid groups (broad SMARTS) is 1. The van der Waals surface area contributed by atoms with Crippen LogP contribution in [0.1, 0.15) is 37.3 Å². The number of carbonyl (C=O) groups excluding carboxylic acids is 2. The van der Waals surface area contributed by atoms with Crippen LogP contribution in [0, 0.1) is 12.8 Å². The number of likely N-dealkylation sites (tertiary alicyclic amines) is 1. The van der Waals surface area contributed by atoms with Crippen molar-refractivity contribution in [1.29, 1.82) is 0 Å². The van der Waals surface area contributed by atoms with Crippen molar-refractivity contribution < 1.29 is 24.2 Å². The molecule has 2 unspecified atom stereocenters. The summed E-state index contributed by atoms with van der Waals surface area (Å²) in [5.74, 6) is -0.0306. The second-order valence-corrected chi connectivity index (χ2v) is 9.31. The average molecular weight is 497 g/mol. The molecule has 36 heavy (non-hydrogen) atoms. The van der Waals surface area contributed by atoms with E-state index < -0.39 is 5.97 Å². The quantitative estimate of drug-likeness (QED) is 0.375. The van der Waals surface area contributed by atoms with Crippen LogP contribution in [0.4, 0.5) is 16.2 Å². The van der Waals surface area contributed by atoms with Gasteiger partial charge in [-0.05, 0) is 75.0 Å². The molecule has 4 N–H and O–H groups in total. The monoisotopic (exact) mass is 496 g/mol. The normalized spacial score (nSPS) is 16.2. The molecule has 2 aromatic rings. The minimum Gasteiger partial charge on any atom is -0.495 e. The van der Waals surface area contributed by atoms with Crippen molar-refractivity contribution in [1.82, 2.24) is 10.2 Å². The number of carbonyl (C=O) groups is 3. The molecule has 194 valence electrons. The largest absolute Gasteiger partial charge is 0.495 e. The number of para-hydroxylation sites is 1. The lowest BCUT2D eigenvalue weighted by atomic mass is 10.00. The number of anilines is 2. The summed E-state index contributed by atoms with van der Waals surface area (Å²) in [4.78, 5) is 38.1. The summed E-state index contributed by atoms with van der Waals surface area (Å²) in [5.41, 5.74) is 2.97.